The third-order valence-corrected chi connectivity index (χ3v) is 4.65. The molecule has 3 rings (SSSR count). The number of aromatic nitrogens is 2. The van der Waals surface area contributed by atoms with Crippen molar-refractivity contribution >= 4 is 39.0 Å². The Bertz CT molecular complexity index is 783. The number of hydrogen-bond acceptors (Lipinski definition) is 3. The molecule has 1 amide bonds. The molecule has 0 fully saturated rings. The van der Waals surface area contributed by atoms with Gasteiger partial charge in [0.1, 0.15) is 5.82 Å². The van der Waals surface area contributed by atoms with Crippen molar-refractivity contribution in [2.75, 3.05) is 5.32 Å². The lowest BCUT2D eigenvalue weighted by molar-refractivity contribution is -0.116. The number of nitrogens with one attached hydrogen (secondary N) is 1. The van der Waals surface area contributed by atoms with Crippen LogP contribution in [-0.4, -0.2) is 15.7 Å². The Morgan fingerprint density at radius 3 is 2.96 bits per heavy atom. The quantitative estimate of drug-likeness (QED) is 0.681. The Kier molecular flexibility index (Phi) is 5.25. The van der Waals surface area contributed by atoms with Crippen molar-refractivity contribution < 1.29 is 4.79 Å². The van der Waals surface area contributed by atoms with E-state index in [1.165, 1.54) is 5.56 Å². The number of rotatable bonds is 6. The zero-order chi connectivity index (χ0) is 16.1. The summed E-state index contributed by atoms with van der Waals surface area (Å²) in [7, 11) is 0. The highest BCUT2D eigenvalue weighted by atomic mass is 79.9. The minimum Gasteiger partial charge on any atom is -0.311 e. The van der Waals surface area contributed by atoms with Crippen LogP contribution in [0.1, 0.15) is 17.5 Å². The lowest BCUT2D eigenvalue weighted by atomic mass is 10.2. The summed E-state index contributed by atoms with van der Waals surface area (Å²) in [6.07, 6.45) is 2.93. The molecule has 0 radical (unpaired) electrons. The molecule has 0 aliphatic rings. The van der Waals surface area contributed by atoms with Gasteiger partial charge in [0.25, 0.3) is 0 Å². The van der Waals surface area contributed by atoms with Gasteiger partial charge in [0, 0.05) is 17.0 Å². The average Bonchev–Trinajstić information content (AvgIpc) is 3.18. The summed E-state index contributed by atoms with van der Waals surface area (Å²) in [6, 6.07) is 11.9. The maximum Gasteiger partial charge on any atom is 0.225 e. The molecule has 1 N–H and O–H groups in total. The minimum absolute atomic E-state index is 0.00666. The summed E-state index contributed by atoms with van der Waals surface area (Å²) in [4.78, 5) is 12.1. The summed E-state index contributed by atoms with van der Waals surface area (Å²) in [5.41, 5.74) is 2.32. The number of anilines is 1. The second-order valence-electron chi connectivity index (χ2n) is 5.18. The first-order valence-electron chi connectivity index (χ1n) is 7.28. The molecule has 2 aromatic heterocycles. The van der Waals surface area contributed by atoms with Gasteiger partial charge in [-0.1, -0.05) is 28.1 Å². The predicted octanol–water partition coefficient (Wildman–Crippen LogP) is 4.33. The monoisotopic (exact) mass is 389 g/mol. The molecule has 0 bridgehead atoms. The molecule has 0 aliphatic heterocycles. The van der Waals surface area contributed by atoms with E-state index in [1.807, 2.05) is 35.7 Å². The molecule has 0 saturated heterocycles. The van der Waals surface area contributed by atoms with Crippen LogP contribution in [0.3, 0.4) is 0 Å². The Hall–Kier alpha value is -1.92. The smallest absolute Gasteiger partial charge is 0.225 e. The number of hydrogen-bond donors (Lipinski definition) is 1. The Morgan fingerprint density at radius 1 is 1.26 bits per heavy atom. The molecule has 0 unspecified atom stereocenters. The fourth-order valence-corrected chi connectivity index (χ4v) is 3.42. The zero-order valence-corrected chi connectivity index (χ0v) is 14.8. The third-order valence-electron chi connectivity index (χ3n) is 3.43. The van der Waals surface area contributed by atoms with E-state index in [4.69, 9.17) is 0 Å². The van der Waals surface area contributed by atoms with Crippen LogP contribution >= 0.6 is 27.3 Å². The second kappa shape index (κ2) is 7.57. The van der Waals surface area contributed by atoms with E-state index in [0.717, 1.165) is 22.3 Å². The van der Waals surface area contributed by atoms with Gasteiger partial charge < -0.3 is 5.32 Å². The first-order chi connectivity index (χ1) is 11.2. The van der Waals surface area contributed by atoms with Gasteiger partial charge in [0.05, 0.1) is 12.7 Å². The highest BCUT2D eigenvalue weighted by molar-refractivity contribution is 9.10. The fraction of sp³-hybridized carbons (Fsp3) is 0.176. The van der Waals surface area contributed by atoms with Gasteiger partial charge in [-0.2, -0.15) is 16.4 Å². The van der Waals surface area contributed by atoms with Gasteiger partial charge in [-0.3, -0.25) is 4.79 Å². The number of carbonyl (C=O) groups is 1. The molecule has 23 heavy (non-hydrogen) atoms. The Labute approximate surface area is 147 Å². The van der Waals surface area contributed by atoms with Crippen molar-refractivity contribution in [1.82, 2.24) is 9.78 Å². The van der Waals surface area contributed by atoms with E-state index in [2.05, 4.69) is 37.8 Å². The molecule has 118 valence electrons. The fourth-order valence-electron chi connectivity index (χ4n) is 2.27. The van der Waals surface area contributed by atoms with Gasteiger partial charge in [0.2, 0.25) is 5.91 Å². The van der Waals surface area contributed by atoms with Gasteiger partial charge in [0.15, 0.2) is 0 Å². The van der Waals surface area contributed by atoms with Crippen molar-refractivity contribution in [3.63, 3.8) is 0 Å². The number of carbonyl (C=O) groups excluding carboxylic acids is 1. The molecule has 0 spiro atoms. The van der Waals surface area contributed by atoms with Crippen LogP contribution in [-0.2, 0) is 17.8 Å². The first-order valence-corrected chi connectivity index (χ1v) is 9.01. The van der Waals surface area contributed by atoms with Crippen molar-refractivity contribution in [3.8, 4) is 0 Å². The summed E-state index contributed by atoms with van der Waals surface area (Å²) < 4.78 is 2.83. The molecule has 6 heteroatoms. The van der Waals surface area contributed by atoms with Crippen molar-refractivity contribution in [2.24, 2.45) is 0 Å². The van der Waals surface area contributed by atoms with Crippen LogP contribution in [0.5, 0.6) is 0 Å². The Morgan fingerprint density at radius 2 is 2.17 bits per heavy atom. The largest absolute Gasteiger partial charge is 0.311 e. The number of aryl methyl sites for hydroxylation is 1. The van der Waals surface area contributed by atoms with Crippen LogP contribution in [0, 0.1) is 0 Å². The lowest BCUT2D eigenvalue weighted by Gasteiger charge is -2.09. The van der Waals surface area contributed by atoms with E-state index in [0.29, 0.717) is 13.0 Å². The zero-order valence-electron chi connectivity index (χ0n) is 12.4. The minimum atomic E-state index is 0.00666. The van der Waals surface area contributed by atoms with Gasteiger partial charge in [-0.15, -0.1) is 0 Å². The van der Waals surface area contributed by atoms with Gasteiger partial charge in [-0.25, -0.2) is 4.68 Å². The predicted molar refractivity (Wildman–Crippen MR) is 96.7 cm³/mol. The Balaban J connectivity index is 1.60. The molecule has 0 aliphatic carbocycles. The summed E-state index contributed by atoms with van der Waals surface area (Å²) in [5, 5.41) is 11.3. The topological polar surface area (TPSA) is 46.9 Å². The second-order valence-corrected chi connectivity index (χ2v) is 6.88. The van der Waals surface area contributed by atoms with Crippen LogP contribution in [0.2, 0.25) is 0 Å². The van der Waals surface area contributed by atoms with Crippen molar-refractivity contribution in [1.29, 1.82) is 0 Å². The van der Waals surface area contributed by atoms with Crippen LogP contribution in [0.15, 0.2) is 57.8 Å². The number of halogens is 1. The normalized spacial score (nSPS) is 10.7. The van der Waals surface area contributed by atoms with Crippen LogP contribution in [0.25, 0.3) is 0 Å². The maximum absolute atomic E-state index is 12.1. The molecular weight excluding hydrogens is 374 g/mol. The number of amides is 1. The lowest BCUT2D eigenvalue weighted by Crippen LogP contribution is -2.16. The molecule has 0 saturated carbocycles. The van der Waals surface area contributed by atoms with E-state index in [9.17, 15) is 4.79 Å². The molecule has 3 aromatic rings. The average molecular weight is 390 g/mol. The van der Waals surface area contributed by atoms with Crippen molar-refractivity contribution in [3.05, 3.63) is 69.0 Å². The van der Waals surface area contributed by atoms with Crippen molar-refractivity contribution in [2.45, 2.75) is 19.4 Å². The van der Waals surface area contributed by atoms with Crippen LogP contribution in [0.4, 0.5) is 5.82 Å². The number of nitrogens with zero attached hydrogens (tertiary/aromatic N) is 2. The maximum atomic E-state index is 12.1. The molecule has 1 aromatic carbocycles. The van der Waals surface area contributed by atoms with E-state index >= 15 is 0 Å². The van der Waals surface area contributed by atoms with E-state index < -0.39 is 0 Å². The SMILES string of the molecule is O=C(CCc1ccsc1)Nc1ccnn1Cc1cccc(Br)c1. The summed E-state index contributed by atoms with van der Waals surface area (Å²) >= 11 is 5.12. The highest BCUT2D eigenvalue weighted by Gasteiger charge is 2.08. The van der Waals surface area contributed by atoms with Gasteiger partial charge in [-0.05, 0) is 46.5 Å². The number of thiophene rings is 1. The molecule has 0 atom stereocenters. The number of benzene rings is 1. The third kappa shape index (κ3) is 4.53. The highest BCUT2D eigenvalue weighted by Crippen LogP contribution is 2.15. The summed E-state index contributed by atoms with van der Waals surface area (Å²) in [5.74, 6) is 0.729. The van der Waals surface area contributed by atoms with E-state index in [-0.39, 0.29) is 5.91 Å². The first kappa shape index (κ1) is 16.0. The summed E-state index contributed by atoms with van der Waals surface area (Å²) in [6.45, 7) is 0.618. The van der Waals surface area contributed by atoms with Crippen LogP contribution < -0.4 is 5.32 Å². The standard InChI is InChI=1S/C17H16BrN3OS/c18-15-3-1-2-14(10-15)11-21-16(6-8-19-21)20-17(22)5-4-13-7-9-23-12-13/h1-3,6-10,12H,4-5,11H2,(H,20,22). The molecule has 4 nitrogen and oxygen atoms in total. The molecule has 2 heterocycles. The van der Waals surface area contributed by atoms with Gasteiger partial charge >= 0.3 is 0 Å². The van der Waals surface area contributed by atoms with E-state index in [1.54, 1.807) is 22.2 Å². The molecular formula is C17H16BrN3OS.